The van der Waals surface area contributed by atoms with E-state index in [9.17, 15) is 19.5 Å². The molecule has 0 bridgehead atoms. The summed E-state index contributed by atoms with van der Waals surface area (Å²) in [4.78, 5) is 37.4. The third-order valence-corrected chi connectivity index (χ3v) is 4.96. The van der Waals surface area contributed by atoms with Gasteiger partial charge in [-0.05, 0) is 24.6 Å². The van der Waals surface area contributed by atoms with Gasteiger partial charge in [0.05, 0.1) is 25.7 Å². The van der Waals surface area contributed by atoms with Crippen molar-refractivity contribution in [2.24, 2.45) is 11.8 Å². The molecule has 2 aliphatic rings. The van der Waals surface area contributed by atoms with Crippen LogP contribution in [-0.4, -0.2) is 49.4 Å². The van der Waals surface area contributed by atoms with Crippen molar-refractivity contribution >= 4 is 17.7 Å². The molecule has 1 saturated carbocycles. The van der Waals surface area contributed by atoms with Gasteiger partial charge < -0.3 is 24.1 Å². The Balaban J connectivity index is 2.15. The first-order chi connectivity index (χ1) is 12.3. The SMILES string of the molecule is COC(=O)[C@H]1C(=O)C[C@@](C)(O)[C@@H](C(=O)OC)[C@H]1c1ccc2c(c1)OCO2. The fourth-order valence-electron chi connectivity index (χ4n) is 3.79. The van der Waals surface area contributed by atoms with Crippen molar-refractivity contribution in [2.45, 2.75) is 24.9 Å². The van der Waals surface area contributed by atoms with E-state index in [0.717, 1.165) is 0 Å². The number of fused-ring (bicyclic) bond motifs is 1. The number of aliphatic hydroxyl groups is 1. The number of carbonyl (C=O) groups excluding carboxylic acids is 3. The number of Topliss-reactive ketones (excluding diaryl/α,β-unsaturated/α-hetero) is 1. The molecular weight excluding hydrogens is 344 g/mol. The molecular formula is C18H20O8. The lowest BCUT2D eigenvalue weighted by molar-refractivity contribution is -0.170. The maximum Gasteiger partial charge on any atom is 0.316 e. The van der Waals surface area contributed by atoms with Crippen molar-refractivity contribution in [3.8, 4) is 11.5 Å². The normalized spacial score (nSPS) is 30.0. The summed E-state index contributed by atoms with van der Waals surface area (Å²) in [6.07, 6.45) is -0.354. The lowest BCUT2D eigenvalue weighted by Crippen LogP contribution is -2.55. The van der Waals surface area contributed by atoms with Gasteiger partial charge >= 0.3 is 11.9 Å². The summed E-state index contributed by atoms with van der Waals surface area (Å²) < 4.78 is 20.3. The van der Waals surface area contributed by atoms with Crippen molar-refractivity contribution in [3.63, 3.8) is 0 Å². The molecule has 1 fully saturated rings. The van der Waals surface area contributed by atoms with E-state index in [4.69, 9.17) is 18.9 Å². The summed E-state index contributed by atoms with van der Waals surface area (Å²) in [6, 6.07) is 4.88. The molecule has 0 aromatic heterocycles. The highest BCUT2D eigenvalue weighted by Gasteiger charge is 2.57. The van der Waals surface area contributed by atoms with E-state index < -0.39 is 41.1 Å². The maximum atomic E-state index is 12.6. The molecule has 1 aliphatic carbocycles. The maximum absolute atomic E-state index is 12.6. The minimum atomic E-state index is -1.67. The predicted molar refractivity (Wildman–Crippen MR) is 86.6 cm³/mol. The highest BCUT2D eigenvalue weighted by atomic mass is 16.7. The second kappa shape index (κ2) is 6.60. The highest BCUT2D eigenvalue weighted by molar-refractivity contribution is 6.02. The van der Waals surface area contributed by atoms with E-state index in [1.54, 1.807) is 18.2 Å². The Morgan fingerprint density at radius 1 is 1.15 bits per heavy atom. The molecule has 1 heterocycles. The number of ether oxygens (including phenoxy) is 4. The standard InChI is InChI=1S/C18H20O8/c1-18(22)7-10(19)14(16(20)23-2)13(15(18)17(21)24-3)9-4-5-11-12(6-9)26-8-25-11/h4-6,13-15,22H,7-8H2,1-3H3/t13-,14-,15+,18+/m0/s1. The lowest BCUT2D eigenvalue weighted by atomic mass is 9.61. The van der Waals surface area contributed by atoms with Gasteiger partial charge in [0.15, 0.2) is 17.3 Å². The first-order valence-electron chi connectivity index (χ1n) is 8.10. The number of rotatable bonds is 3. The van der Waals surface area contributed by atoms with E-state index in [1.807, 2.05) is 0 Å². The van der Waals surface area contributed by atoms with E-state index in [-0.39, 0.29) is 13.2 Å². The predicted octanol–water partition coefficient (Wildman–Crippen LogP) is 0.801. The number of carbonyl (C=O) groups is 3. The first-order valence-corrected chi connectivity index (χ1v) is 8.10. The van der Waals surface area contributed by atoms with Gasteiger partial charge in [-0.1, -0.05) is 6.07 Å². The van der Waals surface area contributed by atoms with Crippen LogP contribution in [0.25, 0.3) is 0 Å². The van der Waals surface area contributed by atoms with Crippen molar-refractivity contribution in [3.05, 3.63) is 23.8 Å². The summed E-state index contributed by atoms with van der Waals surface area (Å²) in [6.45, 7) is 1.45. The molecule has 0 saturated heterocycles. The molecule has 0 radical (unpaired) electrons. The number of benzene rings is 1. The van der Waals surface area contributed by atoms with Crippen LogP contribution in [-0.2, 0) is 23.9 Å². The zero-order chi connectivity index (χ0) is 19.1. The number of esters is 2. The average Bonchev–Trinajstić information content (AvgIpc) is 3.06. The Kier molecular flexibility index (Phi) is 4.62. The van der Waals surface area contributed by atoms with Gasteiger partial charge in [0, 0.05) is 12.3 Å². The molecule has 1 aromatic rings. The van der Waals surface area contributed by atoms with E-state index in [0.29, 0.717) is 17.1 Å². The number of ketones is 1. The van der Waals surface area contributed by atoms with Gasteiger partial charge in [-0.15, -0.1) is 0 Å². The molecule has 8 heteroatoms. The second-order valence-corrected chi connectivity index (χ2v) is 6.64. The third-order valence-electron chi connectivity index (χ3n) is 4.96. The topological polar surface area (TPSA) is 108 Å². The Labute approximate surface area is 150 Å². The first kappa shape index (κ1) is 18.2. The third kappa shape index (κ3) is 2.90. The number of methoxy groups -OCH3 is 2. The van der Waals surface area contributed by atoms with Crippen LogP contribution in [0.3, 0.4) is 0 Å². The zero-order valence-corrected chi connectivity index (χ0v) is 14.7. The van der Waals surface area contributed by atoms with Gasteiger partial charge in [0.2, 0.25) is 6.79 Å². The quantitative estimate of drug-likeness (QED) is 0.620. The van der Waals surface area contributed by atoms with Crippen LogP contribution in [0.2, 0.25) is 0 Å². The zero-order valence-electron chi connectivity index (χ0n) is 14.7. The minimum absolute atomic E-state index is 0.0565. The van der Waals surface area contributed by atoms with Crippen LogP contribution >= 0.6 is 0 Å². The summed E-state index contributed by atoms with van der Waals surface area (Å²) in [5, 5.41) is 10.8. The van der Waals surface area contributed by atoms with Crippen LogP contribution in [0.15, 0.2) is 18.2 Å². The van der Waals surface area contributed by atoms with Crippen molar-refractivity contribution in [1.29, 1.82) is 0 Å². The molecule has 8 nitrogen and oxygen atoms in total. The summed E-state index contributed by atoms with van der Waals surface area (Å²) >= 11 is 0. The van der Waals surface area contributed by atoms with Gasteiger partial charge in [0.25, 0.3) is 0 Å². The van der Waals surface area contributed by atoms with Crippen molar-refractivity contribution < 1.29 is 38.4 Å². The molecule has 1 aliphatic heterocycles. The minimum Gasteiger partial charge on any atom is -0.469 e. The van der Waals surface area contributed by atoms with E-state index >= 15 is 0 Å². The van der Waals surface area contributed by atoms with Crippen LogP contribution in [0.1, 0.15) is 24.8 Å². The molecule has 0 spiro atoms. The van der Waals surface area contributed by atoms with Crippen LogP contribution < -0.4 is 9.47 Å². The van der Waals surface area contributed by atoms with Gasteiger partial charge in [-0.2, -0.15) is 0 Å². The van der Waals surface area contributed by atoms with E-state index in [1.165, 1.54) is 21.1 Å². The van der Waals surface area contributed by atoms with Crippen molar-refractivity contribution in [1.82, 2.24) is 0 Å². The molecule has 0 amide bonds. The van der Waals surface area contributed by atoms with Crippen LogP contribution in [0, 0.1) is 11.8 Å². The smallest absolute Gasteiger partial charge is 0.316 e. The fraction of sp³-hybridized carbons (Fsp3) is 0.500. The highest BCUT2D eigenvalue weighted by Crippen LogP contribution is 2.48. The fourth-order valence-corrected chi connectivity index (χ4v) is 3.79. The van der Waals surface area contributed by atoms with Gasteiger partial charge in [0.1, 0.15) is 5.92 Å². The molecule has 26 heavy (non-hydrogen) atoms. The molecule has 1 aromatic carbocycles. The Morgan fingerprint density at radius 3 is 2.46 bits per heavy atom. The summed E-state index contributed by atoms with van der Waals surface area (Å²) in [5.74, 6) is -4.33. The summed E-state index contributed by atoms with van der Waals surface area (Å²) in [7, 11) is 2.37. The van der Waals surface area contributed by atoms with Gasteiger partial charge in [-0.3, -0.25) is 14.4 Å². The van der Waals surface area contributed by atoms with Crippen LogP contribution in [0.4, 0.5) is 0 Å². The molecule has 1 N–H and O–H groups in total. The Morgan fingerprint density at radius 2 is 1.81 bits per heavy atom. The molecule has 0 unspecified atom stereocenters. The summed E-state index contributed by atoms with van der Waals surface area (Å²) in [5.41, 5.74) is -1.19. The average molecular weight is 364 g/mol. The molecule has 4 atom stereocenters. The van der Waals surface area contributed by atoms with Crippen molar-refractivity contribution in [2.75, 3.05) is 21.0 Å². The van der Waals surface area contributed by atoms with Crippen LogP contribution in [0.5, 0.6) is 11.5 Å². The Hall–Kier alpha value is -2.61. The second-order valence-electron chi connectivity index (χ2n) is 6.64. The number of hydrogen-bond acceptors (Lipinski definition) is 8. The van der Waals surface area contributed by atoms with E-state index in [2.05, 4.69) is 0 Å². The molecule has 140 valence electrons. The van der Waals surface area contributed by atoms with Gasteiger partial charge in [-0.25, -0.2) is 0 Å². The monoisotopic (exact) mass is 364 g/mol. The Bertz CT molecular complexity index is 754. The number of hydrogen-bond donors (Lipinski definition) is 1. The largest absolute Gasteiger partial charge is 0.469 e. The lowest BCUT2D eigenvalue weighted by Gasteiger charge is -2.43. The molecule has 3 rings (SSSR count).